The van der Waals surface area contributed by atoms with Gasteiger partial charge in [0.15, 0.2) is 12.4 Å². The Bertz CT molecular complexity index is 1230. The van der Waals surface area contributed by atoms with Gasteiger partial charge in [0, 0.05) is 12.0 Å². The Balaban J connectivity index is 1.54. The van der Waals surface area contributed by atoms with Crippen LogP contribution in [0.5, 0.6) is 11.5 Å². The van der Waals surface area contributed by atoms with E-state index in [0.29, 0.717) is 24.3 Å². The molecule has 0 aliphatic heterocycles. The van der Waals surface area contributed by atoms with E-state index >= 15 is 0 Å². The summed E-state index contributed by atoms with van der Waals surface area (Å²) in [6.45, 7) is 1.71. The minimum absolute atomic E-state index is 0.156. The van der Waals surface area contributed by atoms with E-state index in [1.54, 1.807) is 18.2 Å². The van der Waals surface area contributed by atoms with Crippen molar-refractivity contribution in [1.29, 1.82) is 0 Å². The Hall–Kier alpha value is -3.93. The second kappa shape index (κ2) is 9.51. The molecule has 0 bridgehead atoms. The summed E-state index contributed by atoms with van der Waals surface area (Å²) in [6.07, 6.45) is 0.448. The van der Waals surface area contributed by atoms with E-state index in [1.807, 2.05) is 49.4 Å². The van der Waals surface area contributed by atoms with Crippen molar-refractivity contribution in [2.24, 2.45) is 5.41 Å². The summed E-state index contributed by atoms with van der Waals surface area (Å²) < 4.78 is 11.0. The van der Waals surface area contributed by atoms with Crippen molar-refractivity contribution >= 4 is 17.5 Å². The zero-order chi connectivity index (χ0) is 24.3. The van der Waals surface area contributed by atoms with E-state index in [0.717, 1.165) is 16.7 Å². The lowest BCUT2D eigenvalue weighted by Crippen LogP contribution is -2.34. The number of fused-ring (bicyclic) bond motifs is 1. The molecule has 1 aliphatic rings. The van der Waals surface area contributed by atoms with Crippen LogP contribution < -0.4 is 9.47 Å². The highest BCUT2D eigenvalue weighted by molar-refractivity contribution is 6.04. The van der Waals surface area contributed by atoms with Crippen molar-refractivity contribution in [2.45, 2.75) is 26.2 Å². The molecule has 4 rings (SSSR count). The van der Waals surface area contributed by atoms with Crippen LogP contribution in [0.25, 0.3) is 0 Å². The monoisotopic (exact) mass is 458 g/mol. The van der Waals surface area contributed by atoms with Crippen molar-refractivity contribution in [3.8, 4) is 11.5 Å². The first-order valence-corrected chi connectivity index (χ1v) is 11.1. The standard InChI is InChI=1S/C28H26O6/c1-18-6-5-9-22(12-18)34-17-25(30)23-13-19(10-11-26(23)33-2)24(29)16-28(27(31)32)14-20-7-3-4-8-21(20)15-28/h3-13H,14-17H2,1-2H3,(H,31,32). The molecule has 6 nitrogen and oxygen atoms in total. The first kappa shape index (κ1) is 23.2. The topological polar surface area (TPSA) is 89.9 Å². The molecule has 0 atom stereocenters. The molecule has 0 unspecified atom stereocenters. The number of carboxylic acids is 1. The van der Waals surface area contributed by atoms with E-state index < -0.39 is 11.4 Å². The van der Waals surface area contributed by atoms with Crippen LogP contribution in [0.15, 0.2) is 66.7 Å². The molecule has 3 aromatic rings. The quantitative estimate of drug-likeness (QED) is 0.467. The summed E-state index contributed by atoms with van der Waals surface area (Å²) in [6, 6.07) is 19.5. The van der Waals surface area contributed by atoms with Gasteiger partial charge in [0.2, 0.25) is 5.78 Å². The Morgan fingerprint density at radius 1 is 0.912 bits per heavy atom. The fourth-order valence-corrected chi connectivity index (χ4v) is 4.49. The molecule has 0 spiro atoms. The molecule has 0 radical (unpaired) electrons. The highest BCUT2D eigenvalue weighted by Crippen LogP contribution is 2.41. The van der Waals surface area contributed by atoms with Gasteiger partial charge in [0.05, 0.1) is 18.1 Å². The summed E-state index contributed by atoms with van der Waals surface area (Å²) in [5.41, 5.74) is 2.22. The normalized spacial score (nSPS) is 13.7. The molecule has 0 fully saturated rings. The number of aryl methyl sites for hydroxylation is 1. The molecule has 174 valence electrons. The van der Waals surface area contributed by atoms with Crippen molar-refractivity contribution in [1.82, 2.24) is 0 Å². The van der Waals surface area contributed by atoms with E-state index in [4.69, 9.17) is 9.47 Å². The summed E-state index contributed by atoms with van der Waals surface area (Å²) in [4.78, 5) is 38.4. The van der Waals surface area contributed by atoms with Gasteiger partial charge < -0.3 is 14.6 Å². The second-order valence-electron chi connectivity index (χ2n) is 8.75. The molecular weight excluding hydrogens is 432 g/mol. The Morgan fingerprint density at radius 3 is 2.24 bits per heavy atom. The van der Waals surface area contributed by atoms with E-state index in [2.05, 4.69) is 0 Å². The number of carbonyl (C=O) groups is 3. The predicted octanol–water partition coefficient (Wildman–Crippen LogP) is 4.71. The highest BCUT2D eigenvalue weighted by Gasteiger charge is 2.45. The number of carbonyl (C=O) groups excluding carboxylic acids is 2. The first-order chi connectivity index (χ1) is 16.3. The number of methoxy groups -OCH3 is 1. The summed E-state index contributed by atoms with van der Waals surface area (Å²) in [5.74, 6) is -0.756. The van der Waals surface area contributed by atoms with Crippen LogP contribution in [0.2, 0.25) is 0 Å². The number of rotatable bonds is 9. The van der Waals surface area contributed by atoms with Crippen LogP contribution in [0.3, 0.4) is 0 Å². The average molecular weight is 459 g/mol. The molecule has 0 aromatic heterocycles. The molecule has 0 saturated carbocycles. The number of hydrogen-bond acceptors (Lipinski definition) is 5. The van der Waals surface area contributed by atoms with Crippen molar-refractivity contribution in [3.05, 3.63) is 94.5 Å². The molecule has 0 saturated heterocycles. The zero-order valence-electron chi connectivity index (χ0n) is 19.2. The summed E-state index contributed by atoms with van der Waals surface area (Å²) in [5, 5.41) is 10.0. The van der Waals surface area contributed by atoms with Gasteiger partial charge >= 0.3 is 5.97 Å². The van der Waals surface area contributed by atoms with Gasteiger partial charge in [-0.1, -0.05) is 36.4 Å². The van der Waals surface area contributed by atoms with Gasteiger partial charge in [-0.15, -0.1) is 0 Å². The molecule has 1 aliphatic carbocycles. The average Bonchev–Trinajstić information content (AvgIpc) is 3.21. The molecule has 34 heavy (non-hydrogen) atoms. The van der Waals surface area contributed by atoms with E-state index in [1.165, 1.54) is 13.2 Å². The Labute approximate surface area is 198 Å². The van der Waals surface area contributed by atoms with Crippen LogP contribution >= 0.6 is 0 Å². The third-order valence-corrected chi connectivity index (χ3v) is 6.31. The van der Waals surface area contributed by atoms with Crippen molar-refractivity contribution in [2.75, 3.05) is 13.7 Å². The summed E-state index contributed by atoms with van der Waals surface area (Å²) >= 11 is 0. The van der Waals surface area contributed by atoms with Crippen LogP contribution in [-0.4, -0.2) is 36.4 Å². The third-order valence-electron chi connectivity index (χ3n) is 6.31. The van der Waals surface area contributed by atoms with Crippen LogP contribution in [-0.2, 0) is 17.6 Å². The van der Waals surface area contributed by atoms with Crippen molar-refractivity contribution < 1.29 is 29.0 Å². The van der Waals surface area contributed by atoms with Gasteiger partial charge in [-0.25, -0.2) is 0 Å². The number of carboxylic acid groups (broad SMARTS) is 1. The third kappa shape index (κ3) is 4.71. The number of ether oxygens (including phenoxy) is 2. The Kier molecular flexibility index (Phi) is 6.50. The maximum absolute atomic E-state index is 13.2. The highest BCUT2D eigenvalue weighted by atomic mass is 16.5. The maximum atomic E-state index is 13.2. The van der Waals surface area contributed by atoms with E-state index in [9.17, 15) is 19.5 Å². The van der Waals surface area contributed by atoms with Gasteiger partial charge in [-0.2, -0.15) is 0 Å². The summed E-state index contributed by atoms with van der Waals surface area (Å²) in [7, 11) is 1.45. The Morgan fingerprint density at radius 2 is 1.62 bits per heavy atom. The van der Waals surface area contributed by atoms with Crippen LogP contribution in [0.4, 0.5) is 0 Å². The van der Waals surface area contributed by atoms with Crippen LogP contribution in [0, 0.1) is 12.3 Å². The number of Topliss-reactive ketones (excluding diaryl/α,β-unsaturated/α-hetero) is 2. The predicted molar refractivity (Wildman–Crippen MR) is 127 cm³/mol. The minimum Gasteiger partial charge on any atom is -0.496 e. The largest absolute Gasteiger partial charge is 0.496 e. The molecule has 0 heterocycles. The van der Waals surface area contributed by atoms with Gasteiger partial charge in [-0.3, -0.25) is 14.4 Å². The van der Waals surface area contributed by atoms with E-state index in [-0.39, 0.29) is 35.7 Å². The fourth-order valence-electron chi connectivity index (χ4n) is 4.49. The smallest absolute Gasteiger partial charge is 0.310 e. The SMILES string of the molecule is COc1ccc(C(=O)CC2(C(=O)O)Cc3ccccc3C2)cc1C(=O)COc1cccc(C)c1. The number of aliphatic carboxylic acids is 1. The molecular formula is C28H26O6. The fraction of sp³-hybridized carbons (Fsp3) is 0.250. The number of hydrogen-bond donors (Lipinski definition) is 1. The second-order valence-corrected chi connectivity index (χ2v) is 8.75. The molecule has 1 N–H and O–H groups in total. The molecule has 0 amide bonds. The van der Waals surface area contributed by atoms with Gasteiger partial charge in [-0.05, 0) is 66.8 Å². The lowest BCUT2D eigenvalue weighted by Gasteiger charge is -2.23. The zero-order valence-corrected chi connectivity index (χ0v) is 19.2. The van der Waals surface area contributed by atoms with Crippen molar-refractivity contribution in [3.63, 3.8) is 0 Å². The number of ketones is 2. The molecule has 6 heteroatoms. The molecule has 3 aromatic carbocycles. The maximum Gasteiger partial charge on any atom is 0.310 e. The lowest BCUT2D eigenvalue weighted by atomic mass is 9.78. The van der Waals surface area contributed by atoms with Gasteiger partial charge in [0.1, 0.15) is 11.5 Å². The first-order valence-electron chi connectivity index (χ1n) is 11.1. The van der Waals surface area contributed by atoms with Gasteiger partial charge in [0.25, 0.3) is 0 Å². The minimum atomic E-state index is -1.20. The van der Waals surface area contributed by atoms with Crippen LogP contribution in [0.1, 0.15) is 43.8 Å². The lowest BCUT2D eigenvalue weighted by molar-refractivity contribution is -0.148. The number of benzene rings is 3.